The fourth-order valence-electron chi connectivity index (χ4n) is 5.46. The molecule has 0 bridgehead atoms. The summed E-state index contributed by atoms with van der Waals surface area (Å²) >= 11 is 0. The Morgan fingerprint density at radius 3 is 2.85 bits per heavy atom. The molecule has 2 saturated heterocycles. The highest BCUT2D eigenvalue weighted by atomic mass is 15.2. The van der Waals surface area contributed by atoms with Crippen LogP contribution in [0, 0.1) is 17.2 Å². The molecule has 0 amide bonds. The van der Waals surface area contributed by atoms with Crippen LogP contribution < -0.4 is 5.32 Å². The van der Waals surface area contributed by atoms with Gasteiger partial charge in [0, 0.05) is 55.4 Å². The molecule has 7 heteroatoms. The van der Waals surface area contributed by atoms with Gasteiger partial charge in [-0.25, -0.2) is 9.97 Å². The molecule has 3 fully saturated rings. The number of benzene rings is 1. The summed E-state index contributed by atoms with van der Waals surface area (Å²) in [5, 5.41) is 12.8. The van der Waals surface area contributed by atoms with Crippen molar-refractivity contribution >= 4 is 34.1 Å². The number of hydrogen-bond donors (Lipinski definition) is 2. The molecule has 2 unspecified atom stereocenters. The molecule has 7 nitrogen and oxygen atoms in total. The van der Waals surface area contributed by atoms with Crippen LogP contribution in [0.5, 0.6) is 0 Å². The van der Waals surface area contributed by atoms with E-state index in [1.165, 1.54) is 19.2 Å². The summed E-state index contributed by atoms with van der Waals surface area (Å²) in [4.78, 5) is 12.1. The van der Waals surface area contributed by atoms with E-state index in [1.54, 1.807) is 0 Å². The van der Waals surface area contributed by atoms with Gasteiger partial charge in [-0.3, -0.25) is 9.98 Å². The number of likely N-dealkylation sites (tertiary alicyclic amines) is 1. The van der Waals surface area contributed by atoms with E-state index in [1.807, 2.05) is 16.8 Å². The molecule has 7 rings (SSSR count). The standard InChI is InChI=1S/C26H27N7/c1-16(31-13-20-11-29-22(20)14-31)18-6-7-23-21(9-18)30-26(33(23)15-27)24-10-19-3-2-8-28-25(19)32(24)12-17-4-5-17/h2-3,6-10,15,17,20,22,27,29H,1,4-5,11-14H2. The molecule has 33 heavy (non-hydrogen) atoms. The quantitative estimate of drug-likeness (QED) is 0.356. The Morgan fingerprint density at radius 1 is 1.21 bits per heavy atom. The first-order valence-electron chi connectivity index (χ1n) is 11.8. The fraction of sp³-hybridized carbons (Fsp3) is 0.346. The second kappa shape index (κ2) is 7.02. The van der Waals surface area contributed by atoms with E-state index in [-0.39, 0.29) is 0 Å². The maximum Gasteiger partial charge on any atom is 0.163 e. The summed E-state index contributed by atoms with van der Waals surface area (Å²) < 4.78 is 4.18. The Kier molecular flexibility index (Phi) is 4.06. The van der Waals surface area contributed by atoms with E-state index in [0.717, 1.165) is 76.9 Å². The normalized spacial score (nSPS) is 22.0. The first-order valence-corrected chi connectivity index (χ1v) is 11.8. The van der Waals surface area contributed by atoms with Gasteiger partial charge in [-0.1, -0.05) is 12.6 Å². The van der Waals surface area contributed by atoms with Gasteiger partial charge in [-0.05, 0) is 54.7 Å². The zero-order valence-electron chi connectivity index (χ0n) is 18.5. The Morgan fingerprint density at radius 2 is 2.12 bits per heavy atom. The molecular formula is C26H27N7. The predicted octanol–water partition coefficient (Wildman–Crippen LogP) is 3.79. The lowest BCUT2D eigenvalue weighted by Gasteiger charge is -2.29. The first-order chi connectivity index (χ1) is 16.2. The zero-order chi connectivity index (χ0) is 22.1. The number of pyridine rings is 1. The fourth-order valence-corrected chi connectivity index (χ4v) is 5.46. The summed E-state index contributed by atoms with van der Waals surface area (Å²) in [6.45, 7) is 8.57. The maximum absolute atomic E-state index is 8.16. The van der Waals surface area contributed by atoms with Crippen molar-refractivity contribution in [1.82, 2.24) is 29.3 Å². The third kappa shape index (κ3) is 2.95. The smallest absolute Gasteiger partial charge is 0.163 e. The summed E-state index contributed by atoms with van der Waals surface area (Å²) in [5.41, 5.74) is 6.02. The van der Waals surface area contributed by atoms with Crippen LogP contribution in [-0.4, -0.2) is 56.0 Å². The molecule has 166 valence electrons. The maximum atomic E-state index is 8.16. The van der Waals surface area contributed by atoms with E-state index < -0.39 is 0 Å². The van der Waals surface area contributed by atoms with Crippen molar-refractivity contribution in [3.63, 3.8) is 0 Å². The molecule has 4 aromatic rings. The number of hydrogen-bond acceptors (Lipinski definition) is 5. The van der Waals surface area contributed by atoms with Gasteiger partial charge >= 0.3 is 0 Å². The van der Waals surface area contributed by atoms with Crippen LogP contribution in [0.3, 0.4) is 0 Å². The second-order valence-corrected chi connectivity index (χ2v) is 9.76. The van der Waals surface area contributed by atoms with E-state index >= 15 is 0 Å². The Bertz CT molecular complexity index is 1410. The Balaban J connectivity index is 1.32. The van der Waals surface area contributed by atoms with Gasteiger partial charge in [0.05, 0.1) is 23.1 Å². The number of nitrogens with one attached hydrogen (secondary N) is 2. The van der Waals surface area contributed by atoms with E-state index in [9.17, 15) is 0 Å². The van der Waals surface area contributed by atoms with Crippen molar-refractivity contribution in [3.8, 4) is 11.5 Å². The summed E-state index contributed by atoms with van der Waals surface area (Å²) in [6, 6.07) is 13.2. The minimum absolute atomic E-state index is 0.608. The molecule has 5 heterocycles. The minimum Gasteiger partial charge on any atom is -0.370 e. The van der Waals surface area contributed by atoms with Gasteiger partial charge in [-0.15, -0.1) is 0 Å². The monoisotopic (exact) mass is 437 g/mol. The summed E-state index contributed by atoms with van der Waals surface area (Å²) in [7, 11) is 0. The molecule has 3 aliphatic rings. The average molecular weight is 438 g/mol. The van der Waals surface area contributed by atoms with Crippen molar-refractivity contribution in [2.45, 2.75) is 25.4 Å². The summed E-state index contributed by atoms with van der Waals surface area (Å²) in [6.07, 6.45) is 5.76. The van der Waals surface area contributed by atoms with Gasteiger partial charge < -0.3 is 14.8 Å². The SMILES string of the molecule is C=C(c1ccc2c(c1)nc(-c1cc3cccnc3n1CC1CC1)n2C=N)N1CC2CNC2C1. The highest BCUT2D eigenvalue weighted by Gasteiger charge is 2.39. The van der Waals surface area contributed by atoms with Gasteiger partial charge in [-0.2, -0.15) is 0 Å². The molecule has 0 spiro atoms. The van der Waals surface area contributed by atoms with E-state index in [2.05, 4.69) is 56.7 Å². The lowest BCUT2D eigenvalue weighted by atomic mass is 9.96. The van der Waals surface area contributed by atoms with Gasteiger partial charge in [0.2, 0.25) is 0 Å². The Labute approximate surface area is 192 Å². The molecular weight excluding hydrogens is 410 g/mol. The number of rotatable bonds is 6. The van der Waals surface area contributed by atoms with Crippen LogP contribution in [0.15, 0.2) is 49.2 Å². The number of fused-ring (bicyclic) bond motifs is 3. The van der Waals surface area contributed by atoms with Crippen LogP contribution >= 0.6 is 0 Å². The van der Waals surface area contributed by atoms with Gasteiger partial charge in [0.25, 0.3) is 0 Å². The lowest BCUT2D eigenvalue weighted by Crippen LogP contribution is -2.51. The van der Waals surface area contributed by atoms with Crippen LogP contribution in [0.4, 0.5) is 0 Å². The molecule has 0 radical (unpaired) electrons. The number of imidazole rings is 1. The van der Waals surface area contributed by atoms with Gasteiger partial charge in [0.1, 0.15) is 5.65 Å². The average Bonchev–Trinajstić information content (AvgIpc) is 3.36. The topological polar surface area (TPSA) is 74.8 Å². The van der Waals surface area contributed by atoms with Crippen LogP contribution in [-0.2, 0) is 6.54 Å². The van der Waals surface area contributed by atoms with Crippen LogP contribution in [0.1, 0.15) is 18.4 Å². The second-order valence-electron chi connectivity index (χ2n) is 9.76. The van der Waals surface area contributed by atoms with Crippen LogP contribution in [0.25, 0.3) is 39.3 Å². The predicted molar refractivity (Wildman–Crippen MR) is 131 cm³/mol. The van der Waals surface area contributed by atoms with Crippen molar-refractivity contribution in [2.75, 3.05) is 19.6 Å². The lowest BCUT2D eigenvalue weighted by molar-refractivity contribution is 0.297. The number of nitrogens with zero attached hydrogens (tertiary/aromatic N) is 5. The molecule has 2 aliphatic heterocycles. The Hall–Kier alpha value is -3.45. The van der Waals surface area contributed by atoms with Gasteiger partial charge in [0.15, 0.2) is 5.82 Å². The van der Waals surface area contributed by atoms with Crippen LogP contribution in [0.2, 0.25) is 0 Å². The van der Waals surface area contributed by atoms with E-state index in [0.29, 0.717) is 12.0 Å². The van der Waals surface area contributed by atoms with Crippen molar-refractivity contribution in [2.24, 2.45) is 11.8 Å². The zero-order valence-corrected chi connectivity index (χ0v) is 18.5. The molecule has 2 N–H and O–H groups in total. The third-order valence-corrected chi connectivity index (χ3v) is 7.64. The van der Waals surface area contributed by atoms with E-state index in [4.69, 9.17) is 10.4 Å². The molecule has 1 aromatic carbocycles. The first kappa shape index (κ1) is 19.1. The largest absolute Gasteiger partial charge is 0.370 e. The van der Waals surface area contributed by atoms with Crippen molar-refractivity contribution < 1.29 is 0 Å². The minimum atomic E-state index is 0.608. The number of aromatic nitrogens is 4. The highest BCUT2D eigenvalue weighted by Crippen LogP contribution is 2.36. The van der Waals surface area contributed by atoms with Crippen molar-refractivity contribution in [3.05, 3.63) is 54.7 Å². The molecule has 3 aromatic heterocycles. The highest BCUT2D eigenvalue weighted by molar-refractivity contribution is 5.92. The van der Waals surface area contributed by atoms with Crippen molar-refractivity contribution in [1.29, 1.82) is 5.41 Å². The molecule has 1 saturated carbocycles. The summed E-state index contributed by atoms with van der Waals surface area (Å²) in [5.74, 6) is 2.25. The molecule has 1 aliphatic carbocycles. The molecule has 2 atom stereocenters. The third-order valence-electron chi connectivity index (χ3n) is 7.64.